The average Bonchev–Trinajstić information content (AvgIpc) is 2.82. The normalized spacial score (nSPS) is 22.5. The van der Waals surface area contributed by atoms with E-state index in [0.717, 1.165) is 0 Å². The number of carbonyl (C=O) groups is 2. The molecule has 2 atom stereocenters. The Bertz CT molecular complexity index is 508. The molecule has 0 spiro atoms. The Balaban J connectivity index is 2.34. The van der Waals surface area contributed by atoms with E-state index in [1.807, 2.05) is 0 Å². The summed E-state index contributed by atoms with van der Waals surface area (Å²) in [7, 11) is 0. The van der Waals surface area contributed by atoms with Crippen molar-refractivity contribution < 1.29 is 19.1 Å². The molecular weight excluding hydrogens is 269 g/mol. The Hall–Kier alpha value is -1.56. The van der Waals surface area contributed by atoms with Crippen LogP contribution in [0.5, 0.6) is 0 Å². The van der Waals surface area contributed by atoms with Crippen LogP contribution in [0.2, 0.25) is 0 Å². The number of hydrogen-bond acceptors (Lipinski definition) is 4. The van der Waals surface area contributed by atoms with Crippen LogP contribution >= 0.6 is 11.8 Å². The van der Waals surface area contributed by atoms with E-state index < -0.39 is 23.2 Å². The molecule has 1 aromatic rings. The number of carbonyl (C=O) groups excluding carboxylic acids is 2. The van der Waals surface area contributed by atoms with Gasteiger partial charge in [-0.25, -0.2) is 4.39 Å². The molecule has 0 saturated carbocycles. The topological polar surface area (TPSA) is 60.4 Å². The number of benzene rings is 1. The van der Waals surface area contributed by atoms with Gasteiger partial charge in [0.15, 0.2) is 0 Å². The summed E-state index contributed by atoms with van der Waals surface area (Å²) >= 11 is 1.31. The van der Waals surface area contributed by atoms with Crippen molar-refractivity contribution in [3.63, 3.8) is 0 Å². The second-order valence-corrected chi connectivity index (χ2v) is 5.34. The van der Waals surface area contributed by atoms with Gasteiger partial charge in [-0.15, -0.1) is 11.8 Å². The summed E-state index contributed by atoms with van der Waals surface area (Å²) in [5, 5.41) is 10.6. The van der Waals surface area contributed by atoms with E-state index in [4.69, 9.17) is 0 Å². The van der Waals surface area contributed by atoms with Crippen LogP contribution in [-0.2, 0) is 9.59 Å². The summed E-state index contributed by atoms with van der Waals surface area (Å²) in [5.74, 6) is -1.68. The minimum Gasteiger partial charge on any atom is -0.548 e. The second-order valence-electron chi connectivity index (χ2n) is 4.23. The third kappa shape index (κ3) is 2.73. The lowest BCUT2D eigenvalue weighted by Gasteiger charge is -2.30. The van der Waals surface area contributed by atoms with E-state index >= 15 is 0 Å². The van der Waals surface area contributed by atoms with Crippen LogP contribution in [0, 0.1) is 5.82 Å². The molecule has 1 aliphatic heterocycles. The van der Waals surface area contributed by atoms with Gasteiger partial charge >= 0.3 is 0 Å². The van der Waals surface area contributed by atoms with Gasteiger partial charge in [-0.2, -0.15) is 0 Å². The number of nitrogens with zero attached hydrogens (tertiary/aromatic N) is 1. The molecule has 2 rings (SSSR count). The molecule has 0 aromatic heterocycles. The highest BCUT2D eigenvalue weighted by Crippen LogP contribution is 2.41. The maximum absolute atomic E-state index is 13.2. The molecule has 1 heterocycles. The largest absolute Gasteiger partial charge is 0.548 e. The van der Waals surface area contributed by atoms with Gasteiger partial charge in [-0.1, -0.05) is 19.1 Å². The Kier molecular flexibility index (Phi) is 4.09. The maximum Gasteiger partial charge on any atom is 0.224 e. The molecule has 1 saturated heterocycles. The zero-order chi connectivity index (χ0) is 14.0. The van der Waals surface area contributed by atoms with Crippen LogP contribution < -0.4 is 5.11 Å². The van der Waals surface area contributed by atoms with Crippen LogP contribution in [0.15, 0.2) is 24.3 Å². The summed E-state index contributed by atoms with van der Waals surface area (Å²) in [5.41, 5.74) is 0.593. The number of carboxylic acid groups (broad SMARTS) is 1. The number of aliphatic carboxylic acids is 1. The van der Waals surface area contributed by atoms with Crippen molar-refractivity contribution in [3.8, 4) is 0 Å². The fourth-order valence-corrected chi connectivity index (χ4v) is 3.52. The van der Waals surface area contributed by atoms with Crippen molar-refractivity contribution in [1.29, 1.82) is 0 Å². The van der Waals surface area contributed by atoms with Crippen LogP contribution in [-0.4, -0.2) is 28.6 Å². The van der Waals surface area contributed by atoms with Gasteiger partial charge in [0.1, 0.15) is 11.2 Å². The van der Waals surface area contributed by atoms with Crippen molar-refractivity contribution >= 4 is 23.6 Å². The van der Waals surface area contributed by atoms with Gasteiger partial charge in [0.25, 0.3) is 0 Å². The Morgan fingerprint density at radius 2 is 2.26 bits per heavy atom. The van der Waals surface area contributed by atoms with Crippen LogP contribution in [0.4, 0.5) is 4.39 Å². The molecular formula is C13H13FNO3S-. The second kappa shape index (κ2) is 5.61. The fourth-order valence-electron chi connectivity index (χ4n) is 2.09. The summed E-state index contributed by atoms with van der Waals surface area (Å²) in [6, 6.07) is 4.92. The lowest BCUT2D eigenvalue weighted by atomic mass is 10.1. The third-order valence-corrected chi connectivity index (χ3v) is 4.32. The molecule has 0 radical (unpaired) electrons. The Morgan fingerprint density at radius 1 is 1.53 bits per heavy atom. The van der Waals surface area contributed by atoms with Crippen molar-refractivity contribution in [1.82, 2.24) is 4.90 Å². The van der Waals surface area contributed by atoms with Gasteiger partial charge in [0.05, 0.1) is 12.0 Å². The molecule has 0 unspecified atom stereocenters. The number of hydrogen-bond donors (Lipinski definition) is 0. The molecule has 1 fully saturated rings. The summed E-state index contributed by atoms with van der Waals surface area (Å²) < 4.78 is 13.2. The number of halogens is 1. The van der Waals surface area contributed by atoms with Crippen molar-refractivity contribution in [2.24, 2.45) is 0 Å². The van der Waals surface area contributed by atoms with E-state index in [1.54, 1.807) is 19.1 Å². The quantitative estimate of drug-likeness (QED) is 0.827. The van der Waals surface area contributed by atoms with Gasteiger partial charge in [0.2, 0.25) is 5.91 Å². The van der Waals surface area contributed by atoms with E-state index in [9.17, 15) is 19.1 Å². The molecule has 0 bridgehead atoms. The molecule has 1 aliphatic rings. The van der Waals surface area contributed by atoms with Crippen LogP contribution in [0.1, 0.15) is 24.3 Å². The average molecular weight is 282 g/mol. The molecule has 102 valence electrons. The molecule has 0 N–H and O–H groups in total. The lowest BCUT2D eigenvalue weighted by molar-refractivity contribution is -0.310. The van der Waals surface area contributed by atoms with Crippen molar-refractivity contribution in [2.45, 2.75) is 24.8 Å². The number of carboxylic acids is 1. The van der Waals surface area contributed by atoms with Crippen LogP contribution in [0.3, 0.4) is 0 Å². The molecule has 19 heavy (non-hydrogen) atoms. The highest BCUT2D eigenvalue weighted by atomic mass is 32.2. The first kappa shape index (κ1) is 13.9. The number of rotatable bonds is 3. The van der Waals surface area contributed by atoms with E-state index in [1.165, 1.54) is 28.8 Å². The first-order valence-electron chi connectivity index (χ1n) is 5.93. The fraction of sp³-hybridized carbons (Fsp3) is 0.385. The van der Waals surface area contributed by atoms with E-state index in [0.29, 0.717) is 5.56 Å². The molecule has 0 aliphatic carbocycles. The van der Waals surface area contributed by atoms with Gasteiger partial charge in [-0.3, -0.25) is 4.79 Å². The van der Waals surface area contributed by atoms with Crippen molar-refractivity contribution in [2.75, 3.05) is 5.75 Å². The monoisotopic (exact) mass is 282 g/mol. The number of amides is 1. The highest BCUT2D eigenvalue weighted by molar-refractivity contribution is 7.99. The van der Waals surface area contributed by atoms with E-state index in [2.05, 4.69) is 0 Å². The lowest BCUT2D eigenvalue weighted by Crippen LogP contribution is -2.48. The first-order chi connectivity index (χ1) is 9.04. The minimum absolute atomic E-state index is 0.205. The predicted molar refractivity (Wildman–Crippen MR) is 67.5 cm³/mol. The standard InChI is InChI=1S/C13H14FNO3S/c1-2-11(16)15-10(13(17)18)7-19-12(15)8-4-3-5-9(14)6-8/h3-6,10,12H,2,7H2,1H3,(H,17,18)/p-1/t10-,12+/m1/s1. The third-order valence-electron chi connectivity index (χ3n) is 3.00. The smallest absolute Gasteiger partial charge is 0.224 e. The maximum atomic E-state index is 13.2. The van der Waals surface area contributed by atoms with Crippen molar-refractivity contribution in [3.05, 3.63) is 35.6 Å². The summed E-state index contributed by atoms with van der Waals surface area (Å²) in [6.07, 6.45) is 0.205. The predicted octanol–water partition coefficient (Wildman–Crippen LogP) is 0.928. The minimum atomic E-state index is -1.27. The first-order valence-corrected chi connectivity index (χ1v) is 6.98. The molecule has 4 nitrogen and oxygen atoms in total. The summed E-state index contributed by atoms with van der Waals surface area (Å²) in [6.45, 7) is 1.67. The molecule has 1 amide bonds. The molecule has 6 heteroatoms. The zero-order valence-electron chi connectivity index (χ0n) is 10.3. The van der Waals surface area contributed by atoms with Gasteiger partial charge in [-0.05, 0) is 17.7 Å². The van der Waals surface area contributed by atoms with Crippen LogP contribution in [0.25, 0.3) is 0 Å². The van der Waals surface area contributed by atoms with Gasteiger partial charge in [0, 0.05) is 12.2 Å². The Morgan fingerprint density at radius 3 is 2.84 bits per heavy atom. The zero-order valence-corrected chi connectivity index (χ0v) is 11.2. The van der Waals surface area contributed by atoms with Gasteiger partial charge < -0.3 is 14.8 Å². The van der Waals surface area contributed by atoms with E-state index in [-0.39, 0.29) is 18.1 Å². The molecule has 1 aromatic carbocycles. The Labute approximate surface area is 114 Å². The number of thioether (sulfide) groups is 1. The highest BCUT2D eigenvalue weighted by Gasteiger charge is 2.38. The summed E-state index contributed by atoms with van der Waals surface area (Å²) in [4.78, 5) is 24.3. The SMILES string of the molecule is CCC(=O)N1[C@@H](C(=O)[O-])CS[C@H]1c1cccc(F)c1.